The second-order valence-electron chi connectivity index (χ2n) is 8.22. The average Bonchev–Trinajstić information content (AvgIpc) is 3.03. The highest BCUT2D eigenvalue weighted by molar-refractivity contribution is 5.84. The van der Waals surface area contributed by atoms with Gasteiger partial charge in [0.2, 0.25) is 0 Å². The number of carbonyl (C=O) groups is 1. The highest BCUT2D eigenvalue weighted by Crippen LogP contribution is 2.65. The maximum Gasteiger partial charge on any atom is 0.137 e. The highest BCUT2D eigenvalue weighted by atomic mass is 16.3. The number of hydrogen-bond donors (Lipinski definition) is 1. The normalized spacial score (nSPS) is 35.0. The van der Waals surface area contributed by atoms with E-state index in [1.54, 1.807) is 0 Å². The fourth-order valence-electron chi connectivity index (χ4n) is 4.52. The van der Waals surface area contributed by atoms with Gasteiger partial charge in [0, 0.05) is 17.8 Å². The van der Waals surface area contributed by atoms with Gasteiger partial charge in [-0.05, 0) is 57.8 Å². The lowest BCUT2D eigenvalue weighted by Gasteiger charge is -2.40. The van der Waals surface area contributed by atoms with Crippen LogP contribution in [-0.4, -0.2) is 16.5 Å². The zero-order valence-electron chi connectivity index (χ0n) is 13.6. The van der Waals surface area contributed by atoms with Crippen molar-refractivity contribution < 1.29 is 9.90 Å². The van der Waals surface area contributed by atoms with Crippen LogP contribution < -0.4 is 0 Å². The van der Waals surface area contributed by atoms with Gasteiger partial charge in [0.25, 0.3) is 0 Å². The lowest BCUT2D eigenvalue weighted by atomic mass is 9.63. The summed E-state index contributed by atoms with van der Waals surface area (Å²) in [7, 11) is 0. The summed E-state index contributed by atoms with van der Waals surface area (Å²) in [4.78, 5) is 12.2. The minimum absolute atomic E-state index is 0.102. The Balaban J connectivity index is 1.79. The molecule has 0 aromatic carbocycles. The first-order chi connectivity index (χ1) is 9.77. The third-order valence-electron chi connectivity index (χ3n) is 5.83. The highest BCUT2D eigenvalue weighted by Gasteiger charge is 2.56. The van der Waals surface area contributed by atoms with E-state index in [9.17, 15) is 9.90 Å². The van der Waals surface area contributed by atoms with Gasteiger partial charge in [0.1, 0.15) is 5.78 Å². The molecule has 0 heterocycles. The predicted molar refractivity (Wildman–Crippen MR) is 84.9 cm³/mol. The van der Waals surface area contributed by atoms with Gasteiger partial charge in [0.05, 0.1) is 5.60 Å². The van der Waals surface area contributed by atoms with Gasteiger partial charge in [0.15, 0.2) is 0 Å². The molecule has 0 spiro atoms. The number of hydrogen-bond acceptors (Lipinski definition) is 2. The van der Waals surface area contributed by atoms with Gasteiger partial charge in [-0.3, -0.25) is 4.79 Å². The van der Waals surface area contributed by atoms with Crippen LogP contribution in [0.1, 0.15) is 65.7 Å². The van der Waals surface area contributed by atoms with Gasteiger partial charge < -0.3 is 5.11 Å². The molecule has 21 heavy (non-hydrogen) atoms. The molecule has 0 aromatic heterocycles. The molecule has 2 saturated carbocycles. The van der Waals surface area contributed by atoms with Crippen molar-refractivity contribution in [2.24, 2.45) is 16.7 Å². The molecule has 2 atom stereocenters. The molecular formula is C19H28O2. The van der Waals surface area contributed by atoms with Crippen molar-refractivity contribution in [3.63, 3.8) is 0 Å². The fourth-order valence-corrected chi connectivity index (χ4v) is 4.52. The molecular weight excluding hydrogens is 260 g/mol. The SMILES string of the molecule is CC(C)(O)CC=CC1(C2=CC[C@H]3C(=O)CCC[C@@]23C)CC1. The molecule has 0 bridgehead atoms. The van der Waals surface area contributed by atoms with E-state index in [0.29, 0.717) is 12.2 Å². The van der Waals surface area contributed by atoms with E-state index >= 15 is 0 Å². The first-order valence-electron chi connectivity index (χ1n) is 8.41. The zero-order chi connectivity index (χ0) is 15.3. The van der Waals surface area contributed by atoms with Crippen LogP contribution in [0, 0.1) is 16.7 Å². The first kappa shape index (κ1) is 15.0. The van der Waals surface area contributed by atoms with Crippen molar-refractivity contribution in [3.8, 4) is 0 Å². The number of rotatable bonds is 4. The van der Waals surface area contributed by atoms with E-state index in [2.05, 4.69) is 25.2 Å². The van der Waals surface area contributed by atoms with Crippen LogP contribution in [0.25, 0.3) is 0 Å². The Morgan fingerprint density at radius 2 is 2.10 bits per heavy atom. The Hall–Kier alpha value is -0.890. The summed E-state index contributed by atoms with van der Waals surface area (Å²) in [6, 6.07) is 0. The van der Waals surface area contributed by atoms with Crippen molar-refractivity contribution in [1.29, 1.82) is 0 Å². The summed E-state index contributed by atoms with van der Waals surface area (Å²) in [5.74, 6) is 0.715. The van der Waals surface area contributed by atoms with Gasteiger partial charge in [-0.1, -0.05) is 30.7 Å². The van der Waals surface area contributed by atoms with E-state index in [1.807, 2.05) is 13.8 Å². The lowest BCUT2D eigenvalue weighted by Crippen LogP contribution is -2.37. The molecule has 3 rings (SSSR count). The number of Topliss-reactive ketones (excluding diaryl/α,β-unsaturated/α-hetero) is 1. The summed E-state index contributed by atoms with van der Waals surface area (Å²) in [5.41, 5.74) is 1.20. The summed E-state index contributed by atoms with van der Waals surface area (Å²) in [5, 5.41) is 9.86. The number of allylic oxidation sites excluding steroid dienone is 3. The third kappa shape index (κ3) is 2.63. The number of fused-ring (bicyclic) bond motifs is 1. The molecule has 0 amide bonds. The minimum atomic E-state index is -0.635. The monoisotopic (exact) mass is 288 g/mol. The molecule has 0 unspecified atom stereocenters. The Labute approximate surface area is 128 Å². The molecule has 1 N–H and O–H groups in total. The predicted octanol–water partition coefficient (Wildman–Crippen LogP) is 4.19. The maximum atomic E-state index is 12.2. The third-order valence-corrected chi connectivity index (χ3v) is 5.83. The van der Waals surface area contributed by atoms with Crippen LogP contribution in [0.4, 0.5) is 0 Å². The summed E-state index contributed by atoms with van der Waals surface area (Å²) < 4.78 is 0. The lowest BCUT2D eigenvalue weighted by molar-refractivity contribution is -0.128. The molecule has 0 aromatic rings. The van der Waals surface area contributed by atoms with Gasteiger partial charge in [-0.2, -0.15) is 0 Å². The van der Waals surface area contributed by atoms with Crippen LogP contribution in [0.15, 0.2) is 23.8 Å². The van der Waals surface area contributed by atoms with E-state index < -0.39 is 5.60 Å². The van der Waals surface area contributed by atoms with E-state index in [1.165, 1.54) is 18.4 Å². The van der Waals surface area contributed by atoms with Crippen molar-refractivity contribution in [2.45, 2.75) is 71.3 Å². The smallest absolute Gasteiger partial charge is 0.137 e. The van der Waals surface area contributed by atoms with Crippen molar-refractivity contribution >= 4 is 5.78 Å². The Bertz CT molecular complexity index is 502. The Kier molecular flexibility index (Phi) is 3.44. The molecule has 0 radical (unpaired) electrons. The van der Waals surface area contributed by atoms with E-state index in [4.69, 9.17) is 0 Å². The summed E-state index contributed by atoms with van der Waals surface area (Å²) in [6.45, 7) is 6.02. The molecule has 0 aliphatic heterocycles. The molecule has 3 aliphatic carbocycles. The topological polar surface area (TPSA) is 37.3 Å². The Morgan fingerprint density at radius 1 is 1.38 bits per heavy atom. The van der Waals surface area contributed by atoms with Gasteiger partial charge >= 0.3 is 0 Å². The second-order valence-corrected chi connectivity index (χ2v) is 8.22. The number of ketones is 1. The van der Waals surface area contributed by atoms with Crippen LogP contribution >= 0.6 is 0 Å². The molecule has 0 saturated heterocycles. The molecule has 116 valence electrons. The molecule has 3 aliphatic rings. The first-order valence-corrected chi connectivity index (χ1v) is 8.41. The van der Waals surface area contributed by atoms with Crippen LogP contribution in [-0.2, 0) is 4.79 Å². The number of aliphatic hydroxyl groups is 1. The average molecular weight is 288 g/mol. The Morgan fingerprint density at radius 3 is 2.71 bits per heavy atom. The second kappa shape index (κ2) is 4.81. The van der Waals surface area contributed by atoms with Gasteiger partial charge in [-0.15, -0.1) is 0 Å². The van der Waals surface area contributed by atoms with Crippen LogP contribution in [0.5, 0.6) is 0 Å². The maximum absolute atomic E-state index is 12.2. The van der Waals surface area contributed by atoms with E-state index in [0.717, 1.165) is 25.7 Å². The fraction of sp³-hybridized carbons (Fsp3) is 0.737. The summed E-state index contributed by atoms with van der Waals surface area (Å²) in [6.07, 6.45) is 13.9. The summed E-state index contributed by atoms with van der Waals surface area (Å²) >= 11 is 0. The quantitative estimate of drug-likeness (QED) is 0.788. The molecule has 2 nitrogen and oxygen atoms in total. The molecule has 2 heteroatoms. The van der Waals surface area contributed by atoms with Crippen molar-refractivity contribution in [1.82, 2.24) is 0 Å². The largest absolute Gasteiger partial charge is 0.390 e. The zero-order valence-corrected chi connectivity index (χ0v) is 13.6. The number of carbonyl (C=O) groups excluding carboxylic acids is 1. The molecule has 2 fully saturated rings. The van der Waals surface area contributed by atoms with Crippen LogP contribution in [0.3, 0.4) is 0 Å². The minimum Gasteiger partial charge on any atom is -0.390 e. The van der Waals surface area contributed by atoms with Crippen molar-refractivity contribution in [3.05, 3.63) is 23.8 Å². The van der Waals surface area contributed by atoms with Gasteiger partial charge in [-0.25, -0.2) is 0 Å². The van der Waals surface area contributed by atoms with Crippen molar-refractivity contribution in [2.75, 3.05) is 0 Å². The standard InChI is InChI=1S/C19H28O2/c1-17(2,21)9-5-11-19(12-13-19)16-8-7-14-15(20)6-4-10-18(14,16)3/h5,8,11,14,21H,4,6-7,9-10,12-13H2,1-3H3/t14-,18+/m0/s1. The van der Waals surface area contributed by atoms with E-state index in [-0.39, 0.29) is 16.7 Å². The van der Waals surface area contributed by atoms with Crippen LogP contribution in [0.2, 0.25) is 0 Å².